The summed E-state index contributed by atoms with van der Waals surface area (Å²) < 4.78 is 22.1. The highest BCUT2D eigenvalue weighted by Crippen LogP contribution is 2.40. The van der Waals surface area contributed by atoms with Crippen LogP contribution in [-0.2, 0) is 6.54 Å². The Morgan fingerprint density at radius 2 is 2.03 bits per heavy atom. The van der Waals surface area contributed by atoms with E-state index in [4.69, 9.17) is 10.2 Å². The van der Waals surface area contributed by atoms with Gasteiger partial charge in [0.15, 0.2) is 0 Å². The van der Waals surface area contributed by atoms with Crippen molar-refractivity contribution < 1.29 is 18.7 Å². The van der Waals surface area contributed by atoms with E-state index >= 15 is 4.39 Å². The lowest BCUT2D eigenvalue weighted by atomic mass is 10.0. The number of carbonyl (C=O) groups is 1. The van der Waals surface area contributed by atoms with Gasteiger partial charge in [0.25, 0.3) is 5.56 Å². The number of carboxylic acid groups (broad SMARTS) is 1. The van der Waals surface area contributed by atoms with Gasteiger partial charge in [0.05, 0.1) is 33.6 Å². The second-order valence-electron chi connectivity index (χ2n) is 8.05. The van der Waals surface area contributed by atoms with E-state index in [1.54, 1.807) is 24.3 Å². The number of nitrogens with two attached hydrogens (primary N) is 1. The summed E-state index contributed by atoms with van der Waals surface area (Å²) in [4.78, 5) is 36.1. The molecule has 4 aromatic heterocycles. The van der Waals surface area contributed by atoms with Gasteiger partial charge in [0.2, 0.25) is 0 Å². The Kier molecular flexibility index (Phi) is 4.43. The smallest absolute Gasteiger partial charge is 0.353 e. The fraction of sp³-hybridized carbons (Fsp3) is 0.0400. The number of hydrogen-bond acceptors (Lipinski definition) is 6. The van der Waals surface area contributed by atoms with Crippen molar-refractivity contribution in [1.29, 1.82) is 0 Å². The highest BCUT2D eigenvalue weighted by atomic mass is 19.1. The van der Waals surface area contributed by atoms with Gasteiger partial charge in [-0.2, -0.15) is 0 Å². The third-order valence-corrected chi connectivity index (χ3v) is 6.08. The zero-order chi connectivity index (χ0) is 24.3. The molecule has 0 unspecified atom stereocenters. The fourth-order valence-corrected chi connectivity index (χ4v) is 4.58. The summed E-state index contributed by atoms with van der Waals surface area (Å²) in [6, 6.07) is 11.1. The first-order valence-corrected chi connectivity index (χ1v) is 10.6. The van der Waals surface area contributed by atoms with Crippen LogP contribution in [0.1, 0.15) is 16.1 Å². The van der Waals surface area contributed by atoms with Gasteiger partial charge in [-0.15, -0.1) is 0 Å². The molecule has 0 saturated carbocycles. The maximum absolute atomic E-state index is 15.0. The Bertz CT molecular complexity index is 1870. The molecule has 2 aromatic carbocycles. The van der Waals surface area contributed by atoms with Crippen LogP contribution < -0.4 is 11.3 Å². The first kappa shape index (κ1) is 20.6. The summed E-state index contributed by atoms with van der Waals surface area (Å²) in [6.07, 6.45) is 4.13. The van der Waals surface area contributed by atoms with Crippen molar-refractivity contribution in [3.63, 3.8) is 0 Å². The molecule has 0 amide bonds. The number of nitrogen functional groups attached to an aromatic ring is 1. The molecule has 0 fully saturated rings. The zero-order valence-electron chi connectivity index (χ0n) is 17.9. The molecule has 9 nitrogen and oxygen atoms in total. The van der Waals surface area contributed by atoms with Crippen molar-refractivity contribution in [2.75, 3.05) is 5.73 Å². The molecule has 0 radical (unpaired) electrons. The van der Waals surface area contributed by atoms with Gasteiger partial charge in [0.1, 0.15) is 29.2 Å². The first-order valence-electron chi connectivity index (χ1n) is 10.6. The normalized spacial score (nSPS) is 11.6. The number of anilines is 1. The van der Waals surface area contributed by atoms with E-state index in [0.717, 1.165) is 0 Å². The largest absolute Gasteiger partial charge is 0.477 e. The summed E-state index contributed by atoms with van der Waals surface area (Å²) in [5, 5.41) is 11.5. The van der Waals surface area contributed by atoms with Crippen molar-refractivity contribution in [1.82, 2.24) is 19.5 Å². The molecule has 0 aliphatic heterocycles. The van der Waals surface area contributed by atoms with E-state index in [1.807, 2.05) is 0 Å². The topological polar surface area (TPSA) is 140 Å². The van der Waals surface area contributed by atoms with E-state index < -0.39 is 17.3 Å². The summed E-state index contributed by atoms with van der Waals surface area (Å²) in [6.45, 7) is 0.0639. The fourth-order valence-electron chi connectivity index (χ4n) is 4.58. The number of hydrogen-bond donors (Lipinski definition) is 3. The van der Waals surface area contributed by atoms with Crippen LogP contribution >= 0.6 is 0 Å². The lowest BCUT2D eigenvalue weighted by Crippen LogP contribution is -2.13. The molecule has 172 valence electrons. The highest BCUT2D eigenvalue weighted by molar-refractivity contribution is 6.17. The van der Waals surface area contributed by atoms with Gasteiger partial charge in [-0.1, -0.05) is 6.07 Å². The Morgan fingerprint density at radius 3 is 2.83 bits per heavy atom. The summed E-state index contributed by atoms with van der Waals surface area (Å²) in [5.74, 6) is -1.51. The van der Waals surface area contributed by atoms with Crippen LogP contribution in [0, 0.1) is 5.82 Å². The SMILES string of the molecule is Nc1ncnc2cc(Cn3c(C(=O)O)c(-c4ccc[nH]c4=O)c4c5occc5c(F)cc43)ccc12. The highest BCUT2D eigenvalue weighted by Gasteiger charge is 2.28. The Balaban J connectivity index is 1.70. The van der Waals surface area contributed by atoms with Gasteiger partial charge in [-0.25, -0.2) is 19.2 Å². The van der Waals surface area contributed by atoms with E-state index in [9.17, 15) is 14.7 Å². The number of carboxylic acids is 1. The van der Waals surface area contributed by atoms with E-state index in [1.165, 1.54) is 41.6 Å². The summed E-state index contributed by atoms with van der Waals surface area (Å²) in [7, 11) is 0. The average molecular weight is 469 g/mol. The van der Waals surface area contributed by atoms with E-state index in [0.29, 0.717) is 27.7 Å². The molecule has 4 N–H and O–H groups in total. The summed E-state index contributed by atoms with van der Waals surface area (Å²) in [5.41, 5.74) is 7.30. The molecule has 6 rings (SSSR count). The predicted octanol–water partition coefficient (Wildman–Crippen LogP) is 4.15. The number of pyridine rings is 1. The van der Waals surface area contributed by atoms with Crippen molar-refractivity contribution in [3.8, 4) is 11.1 Å². The third-order valence-electron chi connectivity index (χ3n) is 6.08. The van der Waals surface area contributed by atoms with Gasteiger partial charge >= 0.3 is 5.97 Å². The maximum Gasteiger partial charge on any atom is 0.353 e. The molecule has 6 aromatic rings. The minimum absolute atomic E-state index is 0.0639. The minimum Gasteiger partial charge on any atom is -0.477 e. The van der Waals surface area contributed by atoms with Crippen LogP contribution in [0.5, 0.6) is 0 Å². The van der Waals surface area contributed by atoms with Crippen molar-refractivity contribution in [2.24, 2.45) is 0 Å². The number of halogens is 1. The molecule has 0 aliphatic carbocycles. The molecule has 0 bridgehead atoms. The first-order chi connectivity index (χ1) is 16.9. The number of aromatic carboxylic acids is 1. The Morgan fingerprint density at radius 1 is 1.17 bits per heavy atom. The second kappa shape index (κ2) is 7.52. The quantitative estimate of drug-likeness (QED) is 0.352. The predicted molar refractivity (Wildman–Crippen MR) is 128 cm³/mol. The van der Waals surface area contributed by atoms with Gasteiger partial charge in [-0.05, 0) is 42.0 Å². The molecule has 0 atom stereocenters. The van der Waals surface area contributed by atoms with Crippen LogP contribution in [-0.4, -0.2) is 30.6 Å². The molecule has 35 heavy (non-hydrogen) atoms. The van der Waals surface area contributed by atoms with Gasteiger partial charge in [0, 0.05) is 23.7 Å². The standard InChI is InChI=1S/C25H16FN5O4/c26-16-9-18-20(22-13(16)5-7-35-22)19(15-2-1-6-28-24(15)32)21(25(33)34)31(18)10-12-3-4-14-17(8-12)29-11-30-23(14)27/h1-9,11H,10H2,(H,28,32)(H,33,34)(H2,27,29,30). The lowest BCUT2D eigenvalue weighted by molar-refractivity contribution is 0.0687. The van der Waals surface area contributed by atoms with Crippen LogP contribution in [0.2, 0.25) is 0 Å². The lowest BCUT2D eigenvalue weighted by Gasteiger charge is -2.11. The summed E-state index contributed by atoms with van der Waals surface area (Å²) >= 11 is 0. The number of benzene rings is 2. The van der Waals surface area contributed by atoms with Crippen molar-refractivity contribution in [3.05, 3.63) is 88.7 Å². The second-order valence-corrected chi connectivity index (χ2v) is 8.05. The minimum atomic E-state index is -1.27. The molecule has 4 heterocycles. The molecular weight excluding hydrogens is 453 g/mol. The number of nitrogens with zero attached hydrogens (tertiary/aromatic N) is 3. The van der Waals surface area contributed by atoms with Crippen molar-refractivity contribution in [2.45, 2.75) is 6.54 Å². The monoisotopic (exact) mass is 469 g/mol. The van der Waals surface area contributed by atoms with E-state index in [-0.39, 0.29) is 39.9 Å². The van der Waals surface area contributed by atoms with Gasteiger partial charge in [-0.3, -0.25) is 4.79 Å². The number of aromatic amines is 1. The molecular formula is C25H16FN5O4. The molecule has 0 aliphatic rings. The van der Waals surface area contributed by atoms with E-state index in [2.05, 4.69) is 15.0 Å². The maximum atomic E-state index is 15.0. The Hall–Kier alpha value is -4.99. The van der Waals surface area contributed by atoms with Crippen molar-refractivity contribution >= 4 is 44.6 Å². The average Bonchev–Trinajstić information content (AvgIpc) is 3.44. The molecule has 0 spiro atoms. The molecule has 0 saturated heterocycles. The number of fused-ring (bicyclic) bond motifs is 4. The van der Waals surface area contributed by atoms with Crippen LogP contribution in [0.3, 0.4) is 0 Å². The zero-order valence-corrected chi connectivity index (χ0v) is 17.9. The molecule has 10 heteroatoms. The van der Waals surface area contributed by atoms with Crippen LogP contribution in [0.4, 0.5) is 10.2 Å². The van der Waals surface area contributed by atoms with Gasteiger partial charge < -0.3 is 24.8 Å². The third kappa shape index (κ3) is 3.07. The number of H-pyrrole nitrogens is 1. The number of rotatable bonds is 4. The Labute approximate surface area is 195 Å². The number of furan rings is 1. The van der Waals surface area contributed by atoms with Crippen LogP contribution in [0.15, 0.2) is 70.5 Å². The van der Waals surface area contributed by atoms with Crippen LogP contribution in [0.25, 0.3) is 43.9 Å². The number of nitrogens with one attached hydrogen (secondary N) is 1. The number of aromatic nitrogens is 4.